The van der Waals surface area contributed by atoms with Crippen LogP contribution in [0.15, 0.2) is 46.6 Å². The summed E-state index contributed by atoms with van der Waals surface area (Å²) in [5.74, 6) is -5.35. The van der Waals surface area contributed by atoms with Crippen molar-refractivity contribution < 1.29 is 47.4 Å². The van der Waals surface area contributed by atoms with Crippen molar-refractivity contribution in [2.24, 2.45) is 5.16 Å². The zero-order chi connectivity index (χ0) is 33.1. The Balaban J connectivity index is 0.000000591. The third kappa shape index (κ3) is 6.65. The number of rotatable bonds is 8. The lowest BCUT2D eigenvalue weighted by Gasteiger charge is -2.55. The van der Waals surface area contributed by atoms with Gasteiger partial charge in [0.1, 0.15) is 33.9 Å². The number of nitrogens with two attached hydrogens (primary N) is 1. The van der Waals surface area contributed by atoms with Gasteiger partial charge in [0.05, 0.1) is 0 Å². The molecule has 3 aromatic rings. The molecule has 0 bridgehead atoms. The number of carbonyl (C=O) groups is 4. The van der Waals surface area contributed by atoms with Crippen LogP contribution in [0.4, 0.5) is 18.3 Å². The number of thioether (sulfide) groups is 1. The summed E-state index contributed by atoms with van der Waals surface area (Å²) in [7, 11) is 1.26. The predicted molar refractivity (Wildman–Crippen MR) is 161 cm³/mol. The number of carboxylic acids is 2. The molecule has 2 aromatic heterocycles. The maximum Gasteiger partial charge on any atom is 0.490 e. The lowest BCUT2D eigenvalue weighted by molar-refractivity contribution is -0.192. The minimum absolute atomic E-state index is 0.158. The van der Waals surface area contributed by atoms with Crippen LogP contribution in [0.1, 0.15) is 10.7 Å². The highest BCUT2D eigenvalue weighted by Crippen LogP contribution is 2.48. The van der Waals surface area contributed by atoms with Gasteiger partial charge in [0.25, 0.3) is 11.8 Å². The fourth-order valence-corrected chi connectivity index (χ4v) is 7.33. The normalized spacial score (nSPS) is 19.5. The van der Waals surface area contributed by atoms with E-state index in [9.17, 15) is 32.7 Å². The molecule has 1 saturated heterocycles. The molecule has 0 unspecified atom stereocenters. The summed E-state index contributed by atoms with van der Waals surface area (Å²) in [5.41, 5.74) is 4.94. The Kier molecular flexibility index (Phi) is 9.85. The van der Waals surface area contributed by atoms with E-state index in [1.54, 1.807) is 0 Å². The molecule has 2 amide bonds. The Morgan fingerprint density at radius 1 is 1.22 bits per heavy atom. The van der Waals surface area contributed by atoms with Gasteiger partial charge in [-0.1, -0.05) is 59.0 Å². The van der Waals surface area contributed by atoms with Crippen molar-refractivity contribution in [3.63, 3.8) is 0 Å². The van der Waals surface area contributed by atoms with Gasteiger partial charge in [0.15, 0.2) is 16.4 Å². The lowest BCUT2D eigenvalue weighted by atomic mass is 9.87. The summed E-state index contributed by atoms with van der Waals surface area (Å²) in [4.78, 5) is 57.9. The van der Waals surface area contributed by atoms with Crippen molar-refractivity contribution in [3.05, 3.63) is 52.1 Å². The minimum atomic E-state index is -5.08. The number of carbonyl (C=O) groups excluding carboxylic acids is 2. The Hall–Kier alpha value is -4.47. The van der Waals surface area contributed by atoms with E-state index in [1.807, 2.05) is 30.3 Å². The molecule has 0 aliphatic carbocycles. The second kappa shape index (κ2) is 13.3. The van der Waals surface area contributed by atoms with Gasteiger partial charge in [-0.05, 0) is 0 Å². The smallest absolute Gasteiger partial charge is 0.477 e. The number of thiazole rings is 1. The number of alkyl halides is 3. The number of fused-ring (bicyclic) bond motifs is 1. The molecule has 5 N–H and O–H groups in total. The third-order valence-electron chi connectivity index (χ3n) is 5.93. The Labute approximate surface area is 267 Å². The van der Waals surface area contributed by atoms with Gasteiger partial charge in [-0.3, -0.25) is 14.5 Å². The molecule has 5 rings (SSSR count). The summed E-state index contributed by atoms with van der Waals surface area (Å²) in [6.45, 7) is 0. The van der Waals surface area contributed by atoms with Crippen molar-refractivity contribution in [3.8, 4) is 10.6 Å². The molecule has 2 aliphatic heterocycles. The van der Waals surface area contributed by atoms with Gasteiger partial charge in [0, 0.05) is 27.6 Å². The first-order chi connectivity index (χ1) is 21.2. The summed E-state index contributed by atoms with van der Waals surface area (Å²) < 4.78 is 31.7. The number of nitrogens with one attached hydrogen (secondary N) is 1. The molecule has 1 aromatic carbocycles. The second-order valence-corrected chi connectivity index (χ2v) is 11.9. The van der Waals surface area contributed by atoms with Crippen molar-refractivity contribution in [2.75, 3.05) is 18.6 Å². The van der Waals surface area contributed by atoms with E-state index in [2.05, 4.69) is 25.7 Å². The fourth-order valence-electron chi connectivity index (χ4n) is 3.98. The van der Waals surface area contributed by atoms with Crippen LogP contribution in [0.5, 0.6) is 0 Å². The van der Waals surface area contributed by atoms with Gasteiger partial charge in [-0.15, -0.1) is 33.3 Å². The van der Waals surface area contributed by atoms with Gasteiger partial charge < -0.3 is 26.1 Å². The number of nitrogens with zero attached hydrogens (tertiary/aromatic N) is 5. The number of hydrogen-bond acceptors (Lipinski definition) is 14. The highest BCUT2D eigenvalue weighted by Gasteiger charge is 2.65. The average Bonchev–Trinajstić information content (AvgIpc) is 3.67. The van der Waals surface area contributed by atoms with E-state index in [1.165, 1.54) is 35.6 Å². The number of nitrogen functional groups attached to an aromatic ring is 1. The molecule has 2 aliphatic rings. The quantitative estimate of drug-likeness (QED) is 0.115. The number of aliphatic carboxylic acids is 2. The number of oxime groups is 1. The van der Waals surface area contributed by atoms with E-state index in [0.717, 1.165) is 27.2 Å². The number of aromatic nitrogens is 3. The summed E-state index contributed by atoms with van der Waals surface area (Å²) in [6, 6.07) is 9.35. The molecule has 0 spiro atoms. The molecular formula is C24H18F3N7O7S4. The maximum absolute atomic E-state index is 13.5. The second-order valence-electron chi connectivity index (χ2n) is 8.69. The molecule has 0 saturated carbocycles. The zero-order valence-electron chi connectivity index (χ0n) is 22.3. The Morgan fingerprint density at radius 3 is 2.40 bits per heavy atom. The first-order valence-corrected chi connectivity index (χ1v) is 15.2. The number of benzene rings is 1. The van der Waals surface area contributed by atoms with Crippen LogP contribution in [-0.4, -0.2) is 95.1 Å². The highest BCUT2D eigenvalue weighted by atomic mass is 32.2. The number of hydrogen-bond donors (Lipinski definition) is 4. The lowest BCUT2D eigenvalue weighted by Crippen LogP contribution is -2.80. The van der Waals surface area contributed by atoms with Crippen LogP contribution < -0.4 is 11.1 Å². The molecule has 2 atom stereocenters. The molecule has 4 heterocycles. The van der Waals surface area contributed by atoms with E-state index in [-0.39, 0.29) is 28.0 Å². The highest BCUT2D eigenvalue weighted by molar-refractivity contribution is 8.00. The largest absolute Gasteiger partial charge is 0.490 e. The number of thiocarbonyl (C=S) groups is 1. The molecule has 0 radical (unpaired) electrons. The minimum Gasteiger partial charge on any atom is -0.477 e. The first kappa shape index (κ1) is 33.4. The molecule has 236 valence electrons. The van der Waals surface area contributed by atoms with E-state index in [0.29, 0.717) is 15.6 Å². The van der Waals surface area contributed by atoms with Crippen molar-refractivity contribution in [2.45, 2.75) is 17.1 Å². The number of β-lactam (4-membered cyclic amide) rings is 1. The van der Waals surface area contributed by atoms with E-state index < -0.39 is 40.8 Å². The van der Waals surface area contributed by atoms with Crippen LogP contribution in [0.3, 0.4) is 0 Å². The van der Waals surface area contributed by atoms with Crippen LogP contribution >= 0.6 is 46.7 Å². The van der Waals surface area contributed by atoms with Crippen molar-refractivity contribution in [1.82, 2.24) is 25.4 Å². The topological polar surface area (TPSA) is 210 Å². The van der Waals surface area contributed by atoms with Crippen LogP contribution in [0.2, 0.25) is 0 Å². The van der Waals surface area contributed by atoms with Gasteiger partial charge >= 0.3 is 18.1 Å². The number of anilines is 1. The van der Waals surface area contributed by atoms with Gasteiger partial charge in [-0.2, -0.15) is 13.2 Å². The van der Waals surface area contributed by atoms with Crippen molar-refractivity contribution >= 4 is 92.2 Å². The molecule has 1 fully saturated rings. The van der Waals surface area contributed by atoms with E-state index in [4.69, 9.17) is 32.7 Å². The average molecular weight is 702 g/mol. The summed E-state index contributed by atoms with van der Waals surface area (Å²) in [6.07, 6.45) is -5.08. The van der Waals surface area contributed by atoms with Gasteiger partial charge in [0.2, 0.25) is 0 Å². The monoisotopic (exact) mass is 701 g/mol. The molecule has 45 heavy (non-hydrogen) atoms. The van der Waals surface area contributed by atoms with Crippen molar-refractivity contribution in [1.29, 1.82) is 0 Å². The first-order valence-electron chi connectivity index (χ1n) is 12.0. The Bertz CT molecular complexity index is 1730. The van der Waals surface area contributed by atoms with Gasteiger partial charge in [-0.25, -0.2) is 14.6 Å². The van der Waals surface area contributed by atoms with Crippen LogP contribution in [-0.2, 0) is 24.0 Å². The molecule has 14 nitrogen and oxygen atoms in total. The molecule has 21 heteroatoms. The Morgan fingerprint density at radius 2 is 1.87 bits per heavy atom. The predicted octanol–water partition coefficient (Wildman–Crippen LogP) is 2.49. The van der Waals surface area contributed by atoms with Crippen LogP contribution in [0, 0.1) is 0 Å². The third-order valence-corrected chi connectivity index (χ3v) is 9.36. The zero-order valence-corrected chi connectivity index (χ0v) is 25.6. The summed E-state index contributed by atoms with van der Waals surface area (Å²) in [5, 5.41) is 35.0. The van der Waals surface area contributed by atoms with Crippen LogP contribution in [0.25, 0.3) is 16.1 Å². The number of halogens is 3. The maximum atomic E-state index is 13.5. The number of amides is 2. The standard InChI is InChI=1S/C22H17N7O5S4.C2HF3O2/c1-34-28-13(12-8-37-21(23)24-12)15(30)25-22(9-35)19(33)29-14(18(31)32)11(7-36-20(22)29)17-27-26-16(38-17)10-5-3-2-4-6-10;3-2(4,5)1(6)7/h2-6,8-9,20H,7H2,1H3,(H2,23,24)(H,25,30)(H,31,32);(H,6,7)/t20-,22+;/m0./s1. The van der Waals surface area contributed by atoms with E-state index >= 15 is 0 Å². The molecular weight excluding hydrogens is 684 g/mol. The SMILES string of the molecule is CON=C(C(=O)N[C@]1(C=S)C(=O)N2C(C(=O)O)=C(c3nnc(-c4ccccc4)s3)CS[C@H]21)c1csc(N)n1.O=C(O)C(F)(F)F. The summed E-state index contributed by atoms with van der Waals surface area (Å²) >= 11 is 8.75. The number of carboxylic acid groups (broad SMARTS) is 2. The fraction of sp³-hybridized carbons (Fsp3) is 0.208.